The molecule has 0 spiro atoms. The molecule has 1 aromatic carbocycles. The molecule has 0 saturated carbocycles. The fourth-order valence-corrected chi connectivity index (χ4v) is 3.94. The number of rotatable bonds is 3. The fourth-order valence-electron chi connectivity index (χ4n) is 2.63. The van der Waals surface area contributed by atoms with Crippen LogP contribution in [0.25, 0.3) is 0 Å². The number of carbonyl (C=O) groups excluding carboxylic acids is 1. The Hall–Kier alpha value is -1.46. The van der Waals surface area contributed by atoms with Gasteiger partial charge in [0.1, 0.15) is 0 Å². The Kier molecular flexibility index (Phi) is 4.43. The Bertz CT molecular complexity index is 751. The highest BCUT2D eigenvalue weighted by Gasteiger charge is 2.45. The second kappa shape index (κ2) is 6.12. The summed E-state index contributed by atoms with van der Waals surface area (Å²) in [7, 11) is 0. The summed E-state index contributed by atoms with van der Waals surface area (Å²) in [5, 5.41) is 4.81. The Morgan fingerprint density at radius 3 is 2.54 bits per heavy atom. The zero-order chi connectivity index (χ0) is 17.5. The van der Waals surface area contributed by atoms with E-state index in [9.17, 15) is 4.79 Å². The zero-order valence-electron chi connectivity index (χ0n) is 14.3. The van der Waals surface area contributed by atoms with Gasteiger partial charge in [0.05, 0.1) is 10.4 Å². The van der Waals surface area contributed by atoms with Crippen molar-refractivity contribution < 1.29 is 9.32 Å². The second-order valence-corrected chi connectivity index (χ2v) is 9.31. The van der Waals surface area contributed by atoms with E-state index in [0.29, 0.717) is 17.5 Å². The van der Waals surface area contributed by atoms with Gasteiger partial charge >= 0.3 is 0 Å². The van der Waals surface area contributed by atoms with Crippen LogP contribution in [-0.2, 0) is 10.2 Å². The van der Waals surface area contributed by atoms with Crippen LogP contribution in [0.1, 0.15) is 39.8 Å². The van der Waals surface area contributed by atoms with Crippen LogP contribution in [0, 0.1) is 0 Å². The van der Waals surface area contributed by atoms with E-state index in [4.69, 9.17) is 16.1 Å². The van der Waals surface area contributed by atoms with Gasteiger partial charge in [0.25, 0.3) is 0 Å². The first-order chi connectivity index (χ1) is 11.2. The second-order valence-electron chi connectivity index (χ2n) is 7.29. The molecule has 0 aliphatic carbocycles. The van der Waals surface area contributed by atoms with Crippen LogP contribution >= 0.6 is 23.4 Å². The SMILES string of the molecule is CC1(Sc2ccc(Cl)cc2)CCN(c2cc(C(C)(C)C)no2)C1=O. The van der Waals surface area contributed by atoms with Crippen molar-refractivity contribution in [2.75, 3.05) is 11.4 Å². The molecule has 24 heavy (non-hydrogen) atoms. The van der Waals surface area contributed by atoms with E-state index in [2.05, 4.69) is 25.9 Å². The van der Waals surface area contributed by atoms with Crippen LogP contribution in [0.2, 0.25) is 5.02 Å². The van der Waals surface area contributed by atoms with Gasteiger partial charge in [-0.2, -0.15) is 0 Å². The van der Waals surface area contributed by atoms with Crippen LogP contribution in [0.4, 0.5) is 5.88 Å². The third kappa shape index (κ3) is 3.33. The van der Waals surface area contributed by atoms with Gasteiger partial charge in [-0.3, -0.25) is 9.69 Å². The first-order valence-corrected chi connectivity index (χ1v) is 9.12. The number of benzene rings is 1. The maximum Gasteiger partial charge on any atom is 0.245 e. The van der Waals surface area contributed by atoms with Crippen LogP contribution in [0.15, 0.2) is 39.8 Å². The molecule has 3 rings (SSSR count). The number of amides is 1. The number of nitrogens with zero attached hydrogens (tertiary/aromatic N) is 2. The number of carbonyl (C=O) groups is 1. The Labute approximate surface area is 151 Å². The van der Waals surface area contributed by atoms with E-state index in [1.165, 1.54) is 0 Å². The molecule has 1 aromatic heterocycles. The van der Waals surface area contributed by atoms with E-state index in [0.717, 1.165) is 17.0 Å². The Balaban J connectivity index is 1.79. The van der Waals surface area contributed by atoms with Crippen molar-refractivity contribution in [3.05, 3.63) is 41.0 Å². The third-order valence-corrected chi connectivity index (χ3v) is 5.79. The number of thioether (sulfide) groups is 1. The molecule has 1 aliphatic rings. The van der Waals surface area contributed by atoms with Crippen LogP contribution in [-0.4, -0.2) is 22.4 Å². The quantitative estimate of drug-likeness (QED) is 0.776. The molecule has 2 heterocycles. The van der Waals surface area contributed by atoms with E-state index in [1.807, 2.05) is 37.3 Å². The molecule has 1 unspecified atom stereocenters. The van der Waals surface area contributed by atoms with Gasteiger partial charge in [-0.05, 0) is 37.6 Å². The summed E-state index contributed by atoms with van der Waals surface area (Å²) in [6.07, 6.45) is 0.755. The first-order valence-electron chi connectivity index (χ1n) is 7.93. The number of hydrogen-bond acceptors (Lipinski definition) is 4. The lowest BCUT2D eigenvalue weighted by atomic mass is 9.92. The van der Waals surface area contributed by atoms with Crippen molar-refractivity contribution >= 4 is 35.2 Å². The van der Waals surface area contributed by atoms with Crippen molar-refractivity contribution in [1.29, 1.82) is 0 Å². The molecule has 128 valence electrons. The molecule has 1 saturated heterocycles. The predicted molar refractivity (Wildman–Crippen MR) is 97.9 cm³/mol. The molecule has 2 aromatic rings. The molecule has 6 heteroatoms. The summed E-state index contributed by atoms with van der Waals surface area (Å²) < 4.78 is 4.92. The van der Waals surface area contributed by atoms with Crippen molar-refractivity contribution in [1.82, 2.24) is 5.16 Å². The van der Waals surface area contributed by atoms with Crippen molar-refractivity contribution in [3.8, 4) is 0 Å². The summed E-state index contributed by atoms with van der Waals surface area (Å²) in [4.78, 5) is 15.7. The molecule has 1 fully saturated rings. The lowest BCUT2D eigenvalue weighted by Gasteiger charge is -2.21. The smallest absolute Gasteiger partial charge is 0.245 e. The largest absolute Gasteiger partial charge is 0.338 e. The van der Waals surface area contributed by atoms with Crippen LogP contribution in [0.5, 0.6) is 0 Å². The van der Waals surface area contributed by atoms with Gasteiger partial charge in [-0.25, -0.2) is 0 Å². The van der Waals surface area contributed by atoms with Gasteiger partial charge < -0.3 is 4.52 Å². The van der Waals surface area contributed by atoms with E-state index >= 15 is 0 Å². The minimum absolute atomic E-state index is 0.0547. The highest BCUT2D eigenvalue weighted by molar-refractivity contribution is 8.01. The van der Waals surface area contributed by atoms with Crippen molar-refractivity contribution in [3.63, 3.8) is 0 Å². The molecule has 1 atom stereocenters. The summed E-state index contributed by atoms with van der Waals surface area (Å²) in [6.45, 7) is 8.83. The van der Waals surface area contributed by atoms with Crippen molar-refractivity contribution in [2.45, 2.75) is 49.2 Å². The molecule has 1 aliphatic heterocycles. The summed E-state index contributed by atoms with van der Waals surface area (Å²) in [6, 6.07) is 9.45. The van der Waals surface area contributed by atoms with E-state index in [-0.39, 0.29) is 11.3 Å². The monoisotopic (exact) mass is 364 g/mol. The summed E-state index contributed by atoms with van der Waals surface area (Å²) >= 11 is 7.50. The maximum atomic E-state index is 12.9. The minimum Gasteiger partial charge on any atom is -0.338 e. The van der Waals surface area contributed by atoms with Gasteiger partial charge in [0.15, 0.2) is 0 Å². The maximum absolute atomic E-state index is 12.9. The predicted octanol–water partition coefficient (Wildman–Crippen LogP) is 4.91. The number of halogens is 1. The minimum atomic E-state index is -0.511. The van der Waals surface area contributed by atoms with Gasteiger partial charge in [-0.1, -0.05) is 37.5 Å². The average Bonchev–Trinajstić information content (AvgIpc) is 3.08. The average molecular weight is 365 g/mol. The van der Waals surface area contributed by atoms with Gasteiger partial charge in [-0.15, -0.1) is 11.8 Å². The standard InChI is InChI=1S/C18H21ClN2O2S/c1-17(2,3)14-11-15(23-20-14)21-10-9-18(4,16(21)22)24-13-7-5-12(19)6-8-13/h5-8,11H,9-10H2,1-4H3. The first kappa shape index (κ1) is 17.4. The van der Waals surface area contributed by atoms with E-state index in [1.54, 1.807) is 16.7 Å². The molecule has 0 radical (unpaired) electrons. The topological polar surface area (TPSA) is 46.3 Å². The Morgan fingerprint density at radius 1 is 1.29 bits per heavy atom. The highest BCUT2D eigenvalue weighted by Crippen LogP contribution is 2.42. The molecule has 1 amide bonds. The highest BCUT2D eigenvalue weighted by atomic mass is 35.5. The molecular weight excluding hydrogens is 344 g/mol. The zero-order valence-corrected chi connectivity index (χ0v) is 15.9. The Morgan fingerprint density at radius 2 is 1.96 bits per heavy atom. The van der Waals surface area contributed by atoms with Gasteiger partial charge in [0.2, 0.25) is 11.8 Å². The van der Waals surface area contributed by atoms with Crippen molar-refractivity contribution in [2.24, 2.45) is 0 Å². The molecule has 4 nitrogen and oxygen atoms in total. The lowest BCUT2D eigenvalue weighted by Crippen LogP contribution is -2.34. The number of aromatic nitrogens is 1. The van der Waals surface area contributed by atoms with Crippen LogP contribution < -0.4 is 4.90 Å². The van der Waals surface area contributed by atoms with Crippen LogP contribution in [0.3, 0.4) is 0 Å². The van der Waals surface area contributed by atoms with Gasteiger partial charge in [0, 0.05) is 27.9 Å². The molecular formula is C18H21ClN2O2S. The normalized spacial score (nSPS) is 21.5. The fraction of sp³-hybridized carbons (Fsp3) is 0.444. The molecule has 0 bridgehead atoms. The lowest BCUT2D eigenvalue weighted by molar-refractivity contribution is -0.118. The number of anilines is 1. The number of hydrogen-bond donors (Lipinski definition) is 0. The molecule has 0 N–H and O–H groups in total. The van der Waals surface area contributed by atoms with E-state index < -0.39 is 4.75 Å². The third-order valence-electron chi connectivity index (χ3n) is 4.20. The summed E-state index contributed by atoms with van der Waals surface area (Å²) in [5.74, 6) is 0.587. The summed E-state index contributed by atoms with van der Waals surface area (Å²) in [5.41, 5.74) is 0.746.